The Morgan fingerprint density at radius 1 is 1.56 bits per heavy atom. The van der Waals surface area contributed by atoms with E-state index in [0.717, 1.165) is 0 Å². The van der Waals surface area contributed by atoms with Crippen molar-refractivity contribution in [1.82, 2.24) is 10.6 Å². The Morgan fingerprint density at radius 3 is 2.94 bits per heavy atom. The number of benzene rings is 1. The zero-order chi connectivity index (χ0) is 13.1. The van der Waals surface area contributed by atoms with E-state index in [-0.39, 0.29) is 17.9 Å². The molecule has 2 amide bonds. The highest BCUT2D eigenvalue weighted by atomic mass is 16.5. The summed E-state index contributed by atoms with van der Waals surface area (Å²) in [6, 6.07) is 4.82. The summed E-state index contributed by atoms with van der Waals surface area (Å²) < 4.78 is 5.11. The van der Waals surface area contributed by atoms with Gasteiger partial charge in [-0.1, -0.05) is 6.07 Å². The second kappa shape index (κ2) is 4.95. The topological polar surface area (TPSA) is 93.4 Å². The van der Waals surface area contributed by atoms with Crippen LogP contribution in [0.5, 0.6) is 5.75 Å². The number of rotatable bonds is 3. The molecular weight excluding hydrogens is 234 g/mol. The van der Waals surface area contributed by atoms with Crippen LogP contribution in [0.25, 0.3) is 0 Å². The molecule has 1 aliphatic rings. The fraction of sp³-hybridized carbons (Fsp3) is 0.333. The summed E-state index contributed by atoms with van der Waals surface area (Å²) >= 11 is 0. The lowest BCUT2D eigenvalue weighted by Crippen LogP contribution is -2.36. The van der Waals surface area contributed by atoms with Gasteiger partial charge in [0, 0.05) is 18.7 Å². The van der Waals surface area contributed by atoms with Crippen LogP contribution in [0, 0.1) is 0 Å². The molecule has 1 aliphatic heterocycles. The predicted octanol–water partition coefficient (Wildman–Crippen LogP) is -0.104. The number of anilines is 1. The Morgan fingerprint density at radius 2 is 2.33 bits per heavy atom. The fourth-order valence-corrected chi connectivity index (χ4v) is 1.93. The molecule has 1 saturated heterocycles. The van der Waals surface area contributed by atoms with E-state index in [1.165, 1.54) is 7.11 Å². The van der Waals surface area contributed by atoms with E-state index in [9.17, 15) is 9.59 Å². The molecular formula is C12H15N3O3. The van der Waals surface area contributed by atoms with Crippen molar-refractivity contribution in [2.75, 3.05) is 19.4 Å². The number of hydrogen-bond donors (Lipinski definition) is 3. The number of nitrogens with one attached hydrogen (secondary N) is 2. The summed E-state index contributed by atoms with van der Waals surface area (Å²) in [6.07, 6.45) is 0.292. The normalized spacial score (nSPS) is 18.3. The first-order chi connectivity index (χ1) is 8.61. The lowest BCUT2D eigenvalue weighted by Gasteiger charge is -2.14. The van der Waals surface area contributed by atoms with Gasteiger partial charge in [0.2, 0.25) is 5.91 Å². The van der Waals surface area contributed by atoms with Gasteiger partial charge in [-0.25, -0.2) is 0 Å². The van der Waals surface area contributed by atoms with Gasteiger partial charge in [0.15, 0.2) is 0 Å². The van der Waals surface area contributed by atoms with Crippen LogP contribution < -0.4 is 21.1 Å². The summed E-state index contributed by atoms with van der Waals surface area (Å²) in [7, 11) is 1.48. The molecule has 96 valence electrons. The van der Waals surface area contributed by atoms with E-state index in [4.69, 9.17) is 10.5 Å². The van der Waals surface area contributed by atoms with Crippen molar-refractivity contribution in [1.29, 1.82) is 0 Å². The summed E-state index contributed by atoms with van der Waals surface area (Å²) in [5.74, 6) is 0.0320. The number of hydrogen-bond acceptors (Lipinski definition) is 4. The van der Waals surface area contributed by atoms with Crippen molar-refractivity contribution in [2.24, 2.45) is 0 Å². The monoisotopic (exact) mass is 249 g/mol. The van der Waals surface area contributed by atoms with E-state index in [2.05, 4.69) is 10.6 Å². The minimum atomic E-state index is -0.327. The van der Waals surface area contributed by atoms with Gasteiger partial charge in [-0.05, 0) is 12.1 Å². The molecule has 1 aromatic carbocycles. The first-order valence-electron chi connectivity index (χ1n) is 5.62. The molecule has 1 heterocycles. The van der Waals surface area contributed by atoms with Crippen LogP contribution in [0.4, 0.5) is 5.69 Å². The van der Waals surface area contributed by atoms with Crippen molar-refractivity contribution < 1.29 is 14.3 Å². The standard InChI is InChI=1S/C12H15N3O3/c1-18-9-4-2-3-8(13)11(9)12(17)15-7-5-10(16)14-6-7/h2-4,7H,5-6,13H2,1H3,(H,14,16)(H,15,17). The number of carbonyl (C=O) groups is 2. The molecule has 6 heteroatoms. The van der Waals surface area contributed by atoms with Crippen LogP contribution in [-0.2, 0) is 4.79 Å². The third-order valence-corrected chi connectivity index (χ3v) is 2.82. The molecule has 0 aromatic heterocycles. The number of ether oxygens (including phenoxy) is 1. The molecule has 1 unspecified atom stereocenters. The van der Waals surface area contributed by atoms with E-state index in [1.54, 1.807) is 18.2 Å². The maximum absolute atomic E-state index is 12.1. The predicted molar refractivity (Wildman–Crippen MR) is 66.3 cm³/mol. The van der Waals surface area contributed by atoms with Crippen molar-refractivity contribution in [3.63, 3.8) is 0 Å². The number of nitrogens with two attached hydrogens (primary N) is 1. The second-order valence-electron chi connectivity index (χ2n) is 4.10. The average molecular weight is 249 g/mol. The molecule has 1 fully saturated rings. The van der Waals surface area contributed by atoms with Crippen LogP contribution in [0.2, 0.25) is 0 Å². The van der Waals surface area contributed by atoms with E-state index in [1.807, 2.05) is 0 Å². The summed E-state index contributed by atoms with van der Waals surface area (Å²) in [5, 5.41) is 5.41. The molecule has 0 radical (unpaired) electrons. The molecule has 1 atom stereocenters. The Balaban J connectivity index is 2.16. The van der Waals surface area contributed by atoms with Crippen LogP contribution >= 0.6 is 0 Å². The van der Waals surface area contributed by atoms with Crippen LogP contribution in [-0.4, -0.2) is 31.5 Å². The first kappa shape index (κ1) is 12.2. The quantitative estimate of drug-likeness (QED) is 0.652. The maximum Gasteiger partial charge on any atom is 0.257 e. The third kappa shape index (κ3) is 2.37. The van der Waals surface area contributed by atoms with Crippen molar-refractivity contribution in [3.05, 3.63) is 23.8 Å². The van der Waals surface area contributed by atoms with Gasteiger partial charge < -0.3 is 21.1 Å². The Labute approximate surface area is 104 Å². The minimum Gasteiger partial charge on any atom is -0.496 e. The zero-order valence-electron chi connectivity index (χ0n) is 10.0. The molecule has 4 N–H and O–H groups in total. The smallest absolute Gasteiger partial charge is 0.257 e. The Hall–Kier alpha value is -2.24. The number of amides is 2. The molecule has 0 saturated carbocycles. The van der Waals surface area contributed by atoms with Gasteiger partial charge in [0.25, 0.3) is 5.91 Å². The summed E-state index contributed by atoms with van der Waals surface area (Å²) in [6.45, 7) is 0.444. The van der Waals surface area contributed by atoms with Crippen LogP contribution in [0.3, 0.4) is 0 Å². The lowest BCUT2D eigenvalue weighted by molar-refractivity contribution is -0.119. The third-order valence-electron chi connectivity index (χ3n) is 2.82. The van der Waals surface area contributed by atoms with Gasteiger partial charge in [0.1, 0.15) is 11.3 Å². The SMILES string of the molecule is COc1cccc(N)c1C(=O)NC1CNC(=O)C1. The number of carbonyl (C=O) groups excluding carboxylic acids is 2. The van der Waals surface area contributed by atoms with Gasteiger partial charge in [-0.15, -0.1) is 0 Å². The van der Waals surface area contributed by atoms with Crippen LogP contribution in [0.1, 0.15) is 16.8 Å². The molecule has 1 aromatic rings. The van der Waals surface area contributed by atoms with E-state index < -0.39 is 0 Å². The summed E-state index contributed by atoms with van der Waals surface area (Å²) in [4.78, 5) is 23.1. The molecule has 2 rings (SSSR count). The maximum atomic E-state index is 12.1. The van der Waals surface area contributed by atoms with Gasteiger partial charge in [-0.3, -0.25) is 9.59 Å². The van der Waals surface area contributed by atoms with Crippen molar-refractivity contribution in [2.45, 2.75) is 12.5 Å². The van der Waals surface area contributed by atoms with E-state index >= 15 is 0 Å². The number of nitrogen functional groups attached to an aromatic ring is 1. The Kier molecular flexibility index (Phi) is 3.36. The van der Waals surface area contributed by atoms with Crippen molar-refractivity contribution >= 4 is 17.5 Å². The highest BCUT2D eigenvalue weighted by molar-refractivity contribution is 6.02. The van der Waals surface area contributed by atoms with E-state index in [0.29, 0.717) is 30.0 Å². The zero-order valence-corrected chi connectivity index (χ0v) is 10.0. The second-order valence-corrected chi connectivity index (χ2v) is 4.10. The molecule has 0 spiro atoms. The largest absolute Gasteiger partial charge is 0.496 e. The molecule has 0 aliphatic carbocycles. The highest BCUT2D eigenvalue weighted by Gasteiger charge is 2.25. The first-order valence-corrected chi connectivity index (χ1v) is 5.62. The van der Waals surface area contributed by atoms with Crippen molar-refractivity contribution in [3.8, 4) is 5.75 Å². The van der Waals surface area contributed by atoms with Gasteiger partial charge >= 0.3 is 0 Å². The van der Waals surface area contributed by atoms with Gasteiger partial charge in [0.05, 0.1) is 13.2 Å². The fourth-order valence-electron chi connectivity index (χ4n) is 1.93. The molecule has 6 nitrogen and oxygen atoms in total. The Bertz CT molecular complexity index is 487. The summed E-state index contributed by atoms with van der Waals surface area (Å²) in [5.41, 5.74) is 6.43. The molecule has 18 heavy (non-hydrogen) atoms. The number of methoxy groups -OCH3 is 1. The average Bonchev–Trinajstić information content (AvgIpc) is 2.74. The highest BCUT2D eigenvalue weighted by Crippen LogP contribution is 2.24. The van der Waals surface area contributed by atoms with Crippen LogP contribution in [0.15, 0.2) is 18.2 Å². The van der Waals surface area contributed by atoms with Gasteiger partial charge in [-0.2, -0.15) is 0 Å². The lowest BCUT2D eigenvalue weighted by atomic mass is 10.1. The molecule has 0 bridgehead atoms. The minimum absolute atomic E-state index is 0.0618.